The molecule has 1 rings (SSSR count). The molecule has 0 aliphatic rings. The highest BCUT2D eigenvalue weighted by Gasteiger charge is 1.94. The first-order chi connectivity index (χ1) is 6.72. The van der Waals surface area contributed by atoms with Gasteiger partial charge < -0.3 is 4.74 Å². The number of hydrogen-bond donors (Lipinski definition) is 0. The normalized spacial score (nSPS) is 19.9. The molecule has 0 atom stereocenters. The molecule has 0 bridgehead atoms. The van der Waals surface area contributed by atoms with Crippen LogP contribution in [0.3, 0.4) is 0 Å². The zero-order valence-corrected chi connectivity index (χ0v) is 6.68. The van der Waals surface area contributed by atoms with Gasteiger partial charge in [-0.15, -0.1) is 0 Å². The van der Waals surface area contributed by atoms with Crippen LogP contribution in [0.4, 0.5) is 0 Å². The Labute approximate surface area is 76.2 Å². The zero-order chi connectivity index (χ0) is 11.7. The molecular weight excluding hydrogens is 192 g/mol. The summed E-state index contributed by atoms with van der Waals surface area (Å²) in [7, 11) is -2.77. The standard InChI is InChI=1S/C8H9BrO/c1-10-6-7-4-2-3-5-8(7)9/h2-5H,6H2,1H3/i1D3,6D2. The Morgan fingerprint density at radius 2 is 2.50 bits per heavy atom. The molecule has 0 N–H and O–H groups in total. The third kappa shape index (κ3) is 1.82. The summed E-state index contributed by atoms with van der Waals surface area (Å²) in [6.07, 6.45) is 0. The van der Waals surface area contributed by atoms with Gasteiger partial charge in [0.1, 0.15) is 0 Å². The molecule has 0 aliphatic carbocycles. The van der Waals surface area contributed by atoms with Crippen LogP contribution in [0.1, 0.15) is 12.4 Å². The Morgan fingerprint density at radius 1 is 1.70 bits per heavy atom. The van der Waals surface area contributed by atoms with Crippen LogP contribution < -0.4 is 0 Å². The van der Waals surface area contributed by atoms with E-state index < -0.39 is 13.6 Å². The van der Waals surface area contributed by atoms with E-state index >= 15 is 0 Å². The summed E-state index contributed by atoms with van der Waals surface area (Å²) in [5.74, 6) is 0. The van der Waals surface area contributed by atoms with Crippen LogP contribution in [-0.4, -0.2) is 7.04 Å². The van der Waals surface area contributed by atoms with Gasteiger partial charge in [0.15, 0.2) is 0 Å². The lowest BCUT2D eigenvalue weighted by Gasteiger charge is -2.00. The quantitative estimate of drug-likeness (QED) is 0.722. The molecule has 1 nitrogen and oxygen atoms in total. The molecule has 0 amide bonds. The van der Waals surface area contributed by atoms with Gasteiger partial charge in [0.2, 0.25) is 0 Å². The van der Waals surface area contributed by atoms with E-state index in [9.17, 15) is 0 Å². The van der Waals surface area contributed by atoms with Crippen molar-refractivity contribution < 1.29 is 11.6 Å². The van der Waals surface area contributed by atoms with Crippen molar-refractivity contribution in [3.8, 4) is 0 Å². The van der Waals surface area contributed by atoms with Crippen molar-refractivity contribution in [2.45, 2.75) is 6.56 Å². The van der Waals surface area contributed by atoms with Crippen molar-refractivity contribution in [3.63, 3.8) is 0 Å². The summed E-state index contributed by atoms with van der Waals surface area (Å²) in [5, 5.41) is 0. The van der Waals surface area contributed by atoms with Crippen LogP contribution in [0, 0.1) is 0 Å². The zero-order valence-electron chi connectivity index (χ0n) is 10.1. The fourth-order valence-electron chi connectivity index (χ4n) is 0.599. The van der Waals surface area contributed by atoms with Gasteiger partial charge in [-0.3, -0.25) is 0 Å². The first-order valence-electron chi connectivity index (χ1n) is 5.17. The summed E-state index contributed by atoms with van der Waals surface area (Å²) < 4.78 is 40.5. The van der Waals surface area contributed by atoms with Crippen molar-refractivity contribution >= 4 is 15.9 Å². The van der Waals surface area contributed by atoms with E-state index in [0.717, 1.165) is 0 Å². The summed E-state index contributed by atoms with van der Waals surface area (Å²) in [6, 6.07) is 6.41. The molecule has 0 unspecified atom stereocenters. The van der Waals surface area contributed by atoms with Gasteiger partial charge in [-0.05, 0) is 11.6 Å². The molecule has 1 aromatic rings. The van der Waals surface area contributed by atoms with E-state index in [1.54, 1.807) is 18.2 Å². The summed E-state index contributed by atoms with van der Waals surface area (Å²) >= 11 is 3.14. The van der Waals surface area contributed by atoms with E-state index in [1.165, 1.54) is 6.07 Å². The molecular formula is C8H9BrO. The highest BCUT2D eigenvalue weighted by molar-refractivity contribution is 9.10. The molecule has 0 saturated carbocycles. The second kappa shape index (κ2) is 3.74. The topological polar surface area (TPSA) is 9.23 Å². The molecule has 0 saturated heterocycles. The average Bonchev–Trinajstić information content (AvgIpc) is 1.99. The largest absolute Gasteiger partial charge is 0.380 e. The molecule has 0 fully saturated rings. The minimum absolute atomic E-state index is 0.154. The van der Waals surface area contributed by atoms with Crippen LogP contribution in [-0.2, 0) is 11.3 Å². The highest BCUT2D eigenvalue weighted by atomic mass is 79.9. The Balaban J connectivity index is 3.01. The molecule has 10 heavy (non-hydrogen) atoms. The molecule has 0 aromatic heterocycles. The number of hydrogen-bond acceptors (Lipinski definition) is 1. The molecule has 54 valence electrons. The monoisotopic (exact) mass is 205 g/mol. The predicted molar refractivity (Wildman–Crippen MR) is 44.9 cm³/mol. The van der Waals surface area contributed by atoms with E-state index in [1.807, 2.05) is 0 Å². The van der Waals surface area contributed by atoms with Crippen molar-refractivity contribution in [1.29, 1.82) is 0 Å². The number of ether oxygens (including phenoxy) is 1. The van der Waals surface area contributed by atoms with E-state index in [-0.39, 0.29) is 5.56 Å². The first kappa shape index (κ1) is 3.37. The lowest BCUT2D eigenvalue weighted by molar-refractivity contribution is 0.184. The minimum atomic E-state index is -2.77. The fraction of sp³-hybridized carbons (Fsp3) is 0.250. The molecule has 0 radical (unpaired) electrons. The number of halogens is 1. The predicted octanol–water partition coefficient (Wildman–Crippen LogP) is 2.60. The van der Waals surface area contributed by atoms with Gasteiger partial charge in [0.25, 0.3) is 0 Å². The average molecular weight is 206 g/mol. The molecule has 0 heterocycles. The van der Waals surface area contributed by atoms with Crippen molar-refractivity contribution in [3.05, 3.63) is 34.3 Å². The summed E-state index contributed by atoms with van der Waals surface area (Å²) in [4.78, 5) is 0. The molecule has 1 aromatic carbocycles. The molecule has 2 heteroatoms. The summed E-state index contributed by atoms with van der Waals surface area (Å²) in [5.41, 5.74) is 0.154. The van der Waals surface area contributed by atoms with Gasteiger partial charge >= 0.3 is 0 Å². The van der Waals surface area contributed by atoms with Gasteiger partial charge in [-0.1, -0.05) is 34.1 Å². The molecule has 0 aliphatic heterocycles. The number of benzene rings is 1. The Morgan fingerprint density at radius 3 is 3.20 bits per heavy atom. The van der Waals surface area contributed by atoms with Crippen LogP contribution >= 0.6 is 15.9 Å². The van der Waals surface area contributed by atoms with Gasteiger partial charge in [0, 0.05) is 11.5 Å². The van der Waals surface area contributed by atoms with Crippen LogP contribution in [0.5, 0.6) is 0 Å². The lowest BCUT2D eigenvalue weighted by Crippen LogP contribution is -1.87. The Bertz CT molecular complexity index is 349. The van der Waals surface area contributed by atoms with E-state index in [2.05, 4.69) is 20.7 Å². The van der Waals surface area contributed by atoms with Crippen LogP contribution in [0.2, 0.25) is 0 Å². The number of rotatable bonds is 2. The second-order valence-electron chi connectivity index (χ2n) is 1.68. The first-order valence-corrected chi connectivity index (χ1v) is 3.47. The maximum absolute atomic E-state index is 7.52. The summed E-state index contributed by atoms with van der Waals surface area (Å²) in [6.45, 7) is -2.34. The highest BCUT2D eigenvalue weighted by Crippen LogP contribution is 2.15. The maximum Gasteiger partial charge on any atom is 0.0724 e. The van der Waals surface area contributed by atoms with Crippen LogP contribution in [0.25, 0.3) is 0 Å². The van der Waals surface area contributed by atoms with Crippen molar-refractivity contribution in [2.24, 2.45) is 0 Å². The van der Waals surface area contributed by atoms with Crippen LogP contribution in [0.15, 0.2) is 28.7 Å². The van der Waals surface area contributed by atoms with Crippen molar-refractivity contribution in [2.75, 3.05) is 7.04 Å². The van der Waals surface area contributed by atoms with E-state index in [4.69, 9.17) is 6.85 Å². The SMILES string of the molecule is [2H]C([2H])([2H])OC([2H])([2H])c1ccccc1Br. The minimum Gasteiger partial charge on any atom is -0.380 e. The Hall–Kier alpha value is -0.340. The maximum atomic E-state index is 7.52. The fourth-order valence-corrected chi connectivity index (χ4v) is 0.965. The third-order valence-corrected chi connectivity index (χ3v) is 1.73. The van der Waals surface area contributed by atoms with Gasteiger partial charge in [-0.2, -0.15) is 0 Å². The number of methoxy groups -OCH3 is 1. The lowest BCUT2D eigenvalue weighted by atomic mass is 10.2. The van der Waals surface area contributed by atoms with Gasteiger partial charge in [-0.25, -0.2) is 0 Å². The van der Waals surface area contributed by atoms with E-state index in [0.29, 0.717) is 4.47 Å². The third-order valence-electron chi connectivity index (χ3n) is 1.03. The Kier molecular flexibility index (Phi) is 1.26. The van der Waals surface area contributed by atoms with Gasteiger partial charge in [0.05, 0.1) is 13.4 Å². The molecule has 0 spiro atoms. The smallest absolute Gasteiger partial charge is 0.0724 e. The second-order valence-corrected chi connectivity index (χ2v) is 2.54. The van der Waals surface area contributed by atoms with Crippen molar-refractivity contribution in [1.82, 2.24) is 0 Å².